The lowest BCUT2D eigenvalue weighted by molar-refractivity contribution is 0.102. The van der Waals surface area contributed by atoms with Gasteiger partial charge in [-0.25, -0.2) is 0 Å². The Bertz CT molecular complexity index is 1120. The highest BCUT2D eigenvalue weighted by molar-refractivity contribution is 6.31. The molecule has 0 saturated carbocycles. The second-order valence-electron chi connectivity index (χ2n) is 5.99. The van der Waals surface area contributed by atoms with Crippen LogP contribution in [-0.2, 0) is 0 Å². The van der Waals surface area contributed by atoms with E-state index in [-0.39, 0.29) is 5.69 Å². The number of benzene rings is 2. The third-order valence-corrected chi connectivity index (χ3v) is 4.24. The van der Waals surface area contributed by atoms with Gasteiger partial charge in [-0.3, -0.25) is 4.79 Å². The molecule has 2 heterocycles. The van der Waals surface area contributed by atoms with Crippen LogP contribution in [0.1, 0.15) is 10.5 Å². The Labute approximate surface area is 158 Å². The van der Waals surface area contributed by atoms with Crippen molar-refractivity contribution in [1.82, 2.24) is 25.8 Å². The second-order valence-corrected chi connectivity index (χ2v) is 6.42. The first-order valence-corrected chi connectivity index (χ1v) is 8.32. The van der Waals surface area contributed by atoms with Gasteiger partial charge in [-0.2, -0.15) is 5.21 Å². The van der Waals surface area contributed by atoms with Crippen molar-refractivity contribution in [3.8, 4) is 11.4 Å². The highest BCUT2D eigenvalue weighted by Crippen LogP contribution is 2.29. The number of hydrogen-bond donors (Lipinski definition) is 2. The van der Waals surface area contributed by atoms with Gasteiger partial charge < -0.3 is 14.7 Å². The molecule has 0 aliphatic heterocycles. The predicted molar refractivity (Wildman–Crippen MR) is 101 cm³/mol. The van der Waals surface area contributed by atoms with Gasteiger partial charge in [0.2, 0.25) is 5.82 Å². The largest absolute Gasteiger partial charge is 0.378 e. The van der Waals surface area contributed by atoms with Crippen molar-refractivity contribution in [2.75, 3.05) is 24.3 Å². The quantitative estimate of drug-likeness (QED) is 0.557. The number of amides is 1. The maximum absolute atomic E-state index is 12.8. The van der Waals surface area contributed by atoms with Crippen LogP contribution in [-0.4, -0.2) is 45.8 Å². The van der Waals surface area contributed by atoms with Crippen molar-refractivity contribution in [2.24, 2.45) is 0 Å². The van der Waals surface area contributed by atoms with Crippen LogP contribution in [0.3, 0.4) is 0 Å². The zero-order valence-electron chi connectivity index (χ0n) is 14.4. The number of carbonyl (C=O) groups is 1. The molecule has 10 heteroatoms. The van der Waals surface area contributed by atoms with E-state index in [1.165, 1.54) is 0 Å². The average Bonchev–Trinajstić information content (AvgIpc) is 3.32. The Morgan fingerprint density at radius 3 is 2.81 bits per heavy atom. The number of anilines is 2. The van der Waals surface area contributed by atoms with E-state index in [9.17, 15) is 4.79 Å². The van der Waals surface area contributed by atoms with Crippen LogP contribution in [0.5, 0.6) is 0 Å². The third-order valence-electron chi connectivity index (χ3n) is 4.00. The maximum Gasteiger partial charge on any atom is 0.278 e. The Morgan fingerprint density at radius 1 is 1.22 bits per heavy atom. The fourth-order valence-corrected chi connectivity index (χ4v) is 2.81. The van der Waals surface area contributed by atoms with Gasteiger partial charge in [0.25, 0.3) is 5.91 Å². The fourth-order valence-electron chi connectivity index (χ4n) is 2.64. The molecule has 0 unspecified atom stereocenters. The maximum atomic E-state index is 12.8. The lowest BCUT2D eigenvalue weighted by Crippen LogP contribution is -2.14. The summed E-state index contributed by atoms with van der Waals surface area (Å²) in [6, 6.07) is 10.5. The monoisotopic (exact) mass is 383 g/mol. The summed E-state index contributed by atoms with van der Waals surface area (Å²) in [5.74, 6) is -0.107. The van der Waals surface area contributed by atoms with Crippen LogP contribution in [0.4, 0.5) is 11.4 Å². The summed E-state index contributed by atoms with van der Waals surface area (Å²) in [7, 11) is 3.83. The van der Waals surface area contributed by atoms with Crippen LogP contribution >= 0.6 is 11.6 Å². The zero-order chi connectivity index (χ0) is 19.0. The Balaban J connectivity index is 1.71. The number of tetrazole rings is 1. The molecule has 0 fully saturated rings. The molecule has 4 rings (SSSR count). The van der Waals surface area contributed by atoms with Gasteiger partial charge in [-0.15, -0.1) is 10.2 Å². The molecule has 2 N–H and O–H groups in total. The van der Waals surface area contributed by atoms with Crippen molar-refractivity contribution in [2.45, 2.75) is 0 Å². The summed E-state index contributed by atoms with van der Waals surface area (Å²) < 4.78 is 5.27. The molecule has 0 aliphatic carbocycles. The molecule has 0 aliphatic rings. The third kappa shape index (κ3) is 3.20. The lowest BCUT2D eigenvalue weighted by Gasteiger charge is -2.12. The van der Waals surface area contributed by atoms with Crippen LogP contribution < -0.4 is 10.2 Å². The van der Waals surface area contributed by atoms with Gasteiger partial charge in [0.1, 0.15) is 0 Å². The molecular weight excluding hydrogens is 370 g/mol. The van der Waals surface area contributed by atoms with Crippen LogP contribution in [0, 0.1) is 0 Å². The van der Waals surface area contributed by atoms with Crippen molar-refractivity contribution in [1.29, 1.82) is 0 Å². The summed E-state index contributed by atoms with van der Waals surface area (Å²) in [4.78, 5) is 14.8. The highest BCUT2D eigenvalue weighted by atomic mass is 35.5. The van der Waals surface area contributed by atoms with E-state index in [1.54, 1.807) is 24.3 Å². The van der Waals surface area contributed by atoms with E-state index < -0.39 is 5.91 Å². The number of nitrogens with zero attached hydrogens (tertiary/aromatic N) is 5. The van der Waals surface area contributed by atoms with Gasteiger partial charge in [0.05, 0.1) is 11.1 Å². The van der Waals surface area contributed by atoms with Gasteiger partial charge in [-0.05, 0) is 41.6 Å². The number of rotatable bonds is 4. The number of aromatic amines is 1. The number of H-pyrrole nitrogens is 1. The summed E-state index contributed by atoms with van der Waals surface area (Å²) >= 11 is 6.06. The standard InChI is InChI=1S/C17H14ClN7O2/c1-25(2)10-4-6-14-12(8-10)15(22-27-14)17(26)19-13-5-3-9(18)7-11(13)16-20-23-24-21-16/h3-8H,1-2H3,(H,19,26)(H,20,21,23,24). The molecule has 1 amide bonds. The Hall–Kier alpha value is -3.46. The van der Waals surface area contributed by atoms with Crippen LogP contribution in [0.25, 0.3) is 22.4 Å². The van der Waals surface area contributed by atoms with Gasteiger partial charge >= 0.3 is 0 Å². The summed E-state index contributed by atoms with van der Waals surface area (Å²) in [5, 5.41) is 21.6. The van der Waals surface area contributed by atoms with E-state index in [0.717, 1.165) is 5.69 Å². The predicted octanol–water partition coefficient (Wildman–Crippen LogP) is 2.98. The molecule has 4 aromatic rings. The molecule has 136 valence electrons. The number of nitrogens with one attached hydrogen (secondary N) is 2. The van der Waals surface area contributed by atoms with Crippen molar-refractivity contribution in [3.05, 3.63) is 47.1 Å². The number of hydrogen-bond acceptors (Lipinski definition) is 7. The summed E-state index contributed by atoms with van der Waals surface area (Å²) in [6.45, 7) is 0. The highest BCUT2D eigenvalue weighted by Gasteiger charge is 2.19. The molecule has 0 spiro atoms. The van der Waals surface area contributed by atoms with Crippen LogP contribution in [0.2, 0.25) is 5.02 Å². The molecule has 2 aromatic heterocycles. The van der Waals surface area contributed by atoms with Crippen molar-refractivity contribution < 1.29 is 9.32 Å². The number of aromatic nitrogens is 5. The topological polar surface area (TPSA) is 113 Å². The molecule has 0 atom stereocenters. The van der Waals surface area contributed by atoms with E-state index in [4.69, 9.17) is 16.1 Å². The van der Waals surface area contributed by atoms with E-state index in [0.29, 0.717) is 33.1 Å². The van der Waals surface area contributed by atoms with Crippen molar-refractivity contribution in [3.63, 3.8) is 0 Å². The molecule has 0 radical (unpaired) electrons. The Kier molecular flexibility index (Phi) is 4.21. The lowest BCUT2D eigenvalue weighted by atomic mass is 10.1. The average molecular weight is 384 g/mol. The normalized spacial score (nSPS) is 10.9. The first kappa shape index (κ1) is 17.0. The van der Waals surface area contributed by atoms with E-state index in [2.05, 4.69) is 31.1 Å². The van der Waals surface area contributed by atoms with Gasteiger partial charge in [-0.1, -0.05) is 16.8 Å². The van der Waals surface area contributed by atoms with Gasteiger partial charge in [0.15, 0.2) is 11.3 Å². The van der Waals surface area contributed by atoms with Gasteiger partial charge in [0, 0.05) is 30.4 Å². The minimum absolute atomic E-state index is 0.183. The van der Waals surface area contributed by atoms with Crippen LogP contribution in [0.15, 0.2) is 40.9 Å². The molecule has 0 bridgehead atoms. The summed E-state index contributed by atoms with van der Waals surface area (Å²) in [5.41, 5.74) is 2.65. The summed E-state index contributed by atoms with van der Waals surface area (Å²) in [6.07, 6.45) is 0. The fraction of sp³-hybridized carbons (Fsp3) is 0.118. The SMILES string of the molecule is CN(C)c1ccc2onc(C(=O)Nc3ccc(Cl)cc3-c3nn[nH]n3)c2c1. The van der Waals surface area contributed by atoms with Crippen molar-refractivity contribution >= 4 is 39.9 Å². The smallest absolute Gasteiger partial charge is 0.278 e. The molecule has 0 saturated heterocycles. The van der Waals surface area contributed by atoms with E-state index >= 15 is 0 Å². The number of halogens is 1. The molecular formula is C17H14ClN7O2. The first-order valence-electron chi connectivity index (χ1n) is 7.94. The first-order chi connectivity index (χ1) is 13.0. The Morgan fingerprint density at radius 2 is 2.07 bits per heavy atom. The van der Waals surface area contributed by atoms with E-state index in [1.807, 2.05) is 31.1 Å². The minimum atomic E-state index is -0.420. The molecule has 27 heavy (non-hydrogen) atoms. The molecule has 9 nitrogen and oxygen atoms in total. The molecule has 2 aromatic carbocycles. The minimum Gasteiger partial charge on any atom is -0.378 e. The number of fused-ring (bicyclic) bond motifs is 1. The second kappa shape index (κ2) is 6.69. The zero-order valence-corrected chi connectivity index (χ0v) is 15.2. The number of carbonyl (C=O) groups excluding carboxylic acids is 1.